The Bertz CT molecular complexity index is 659. The zero-order valence-corrected chi connectivity index (χ0v) is 38.0. The van der Waals surface area contributed by atoms with Crippen LogP contribution in [0.4, 0.5) is 0 Å². The lowest BCUT2D eigenvalue weighted by Gasteiger charge is -2.06. The van der Waals surface area contributed by atoms with Crippen LogP contribution < -0.4 is 0 Å². The second-order valence-electron chi connectivity index (χ2n) is 17.9. The van der Waals surface area contributed by atoms with Gasteiger partial charge in [-0.05, 0) is 12.8 Å². The summed E-state index contributed by atoms with van der Waals surface area (Å²) in [5.41, 5.74) is 0. The van der Waals surface area contributed by atoms with E-state index in [1.807, 2.05) is 0 Å². The van der Waals surface area contributed by atoms with Gasteiger partial charge in [-0.15, -0.1) is 0 Å². The Morgan fingerprint density at radius 3 is 0.611 bits per heavy atom. The second kappa shape index (κ2) is 50.5. The van der Waals surface area contributed by atoms with E-state index in [0.29, 0.717) is 13.0 Å². The number of unbranched alkanes of at least 4 members (excludes halogenated alkanes) is 45. The van der Waals surface area contributed by atoms with Crippen LogP contribution in [0.1, 0.15) is 322 Å². The van der Waals surface area contributed by atoms with Gasteiger partial charge in [0.1, 0.15) is 0 Å². The van der Waals surface area contributed by atoms with Crippen molar-refractivity contribution in [1.82, 2.24) is 0 Å². The van der Waals surface area contributed by atoms with Gasteiger partial charge in [0.05, 0.1) is 6.61 Å². The first kappa shape index (κ1) is 53.5. The third-order valence-corrected chi connectivity index (χ3v) is 12.2. The Morgan fingerprint density at radius 2 is 0.407 bits per heavy atom. The van der Waals surface area contributed by atoms with Gasteiger partial charge in [0.2, 0.25) is 0 Å². The van der Waals surface area contributed by atoms with E-state index < -0.39 is 0 Å². The van der Waals surface area contributed by atoms with Crippen LogP contribution in [-0.2, 0) is 9.53 Å². The molecule has 0 spiro atoms. The summed E-state index contributed by atoms with van der Waals surface area (Å²) >= 11 is 0. The number of ether oxygens (including phenoxy) is 1. The van der Waals surface area contributed by atoms with Crippen molar-refractivity contribution in [3.8, 4) is 0 Å². The molecule has 0 rings (SSSR count). The quantitative estimate of drug-likeness (QED) is 0.0456. The summed E-state index contributed by atoms with van der Waals surface area (Å²) in [5, 5.41) is 0. The smallest absolute Gasteiger partial charge is 0.305 e. The highest BCUT2D eigenvalue weighted by molar-refractivity contribution is 5.69. The average Bonchev–Trinajstić information content (AvgIpc) is 3.18. The van der Waals surface area contributed by atoms with Gasteiger partial charge < -0.3 is 4.74 Å². The normalized spacial score (nSPS) is 11.5. The van der Waals surface area contributed by atoms with Gasteiger partial charge in [0.15, 0.2) is 0 Å². The molecule has 0 bridgehead atoms. The van der Waals surface area contributed by atoms with E-state index in [4.69, 9.17) is 4.74 Å². The number of esters is 1. The minimum atomic E-state index is 0.0347. The molecule has 0 aromatic rings. The van der Waals surface area contributed by atoms with Gasteiger partial charge in [0.25, 0.3) is 0 Å². The largest absolute Gasteiger partial charge is 0.466 e. The summed E-state index contributed by atoms with van der Waals surface area (Å²) in [4.78, 5) is 12.1. The van der Waals surface area contributed by atoms with Crippen LogP contribution in [0.2, 0.25) is 0 Å². The predicted octanol–water partition coefficient (Wildman–Crippen LogP) is 19.3. The molecule has 0 heterocycles. The summed E-state index contributed by atoms with van der Waals surface area (Å²) in [5.74, 6) is 0.0347. The highest BCUT2D eigenvalue weighted by Gasteiger charge is 2.03. The summed E-state index contributed by atoms with van der Waals surface area (Å²) < 4.78 is 5.50. The van der Waals surface area contributed by atoms with Gasteiger partial charge >= 0.3 is 5.97 Å². The van der Waals surface area contributed by atoms with Crippen molar-refractivity contribution >= 4 is 5.97 Å². The Balaban J connectivity index is 3.14. The van der Waals surface area contributed by atoms with Gasteiger partial charge in [-0.25, -0.2) is 0 Å². The van der Waals surface area contributed by atoms with E-state index in [1.165, 1.54) is 289 Å². The molecule has 0 fully saturated rings. The Kier molecular flexibility index (Phi) is 50.0. The molecule has 0 aromatic carbocycles. The molecule has 324 valence electrons. The average molecular weight is 761 g/mol. The Morgan fingerprint density at radius 1 is 0.241 bits per heavy atom. The van der Waals surface area contributed by atoms with Crippen LogP contribution in [0.25, 0.3) is 0 Å². The molecule has 2 heteroatoms. The maximum Gasteiger partial charge on any atom is 0.305 e. The minimum Gasteiger partial charge on any atom is -0.466 e. The maximum absolute atomic E-state index is 12.1. The van der Waals surface area contributed by atoms with Crippen molar-refractivity contribution in [2.24, 2.45) is 0 Å². The zero-order valence-electron chi connectivity index (χ0n) is 38.0. The topological polar surface area (TPSA) is 26.3 Å². The van der Waals surface area contributed by atoms with Crippen LogP contribution in [0, 0.1) is 0 Å². The second-order valence-corrected chi connectivity index (χ2v) is 17.9. The first-order chi connectivity index (χ1) is 26.8. The number of hydrogen-bond donors (Lipinski definition) is 0. The van der Waals surface area contributed by atoms with Gasteiger partial charge in [-0.2, -0.15) is 0 Å². The molecule has 0 aliphatic rings. The van der Waals surface area contributed by atoms with Crippen LogP contribution in [0.15, 0.2) is 0 Å². The number of hydrogen-bond acceptors (Lipinski definition) is 2. The van der Waals surface area contributed by atoms with Gasteiger partial charge in [-0.1, -0.05) is 303 Å². The van der Waals surface area contributed by atoms with E-state index in [9.17, 15) is 4.79 Å². The fraction of sp³-hybridized carbons (Fsp3) is 0.981. The molecule has 2 nitrogen and oxygen atoms in total. The SMILES string of the molecule is CCCCCCCCCCCCCCCCCCCCCCCCCCCOC(=O)CCCCCCCCCCCCCCCCCCCCCCCC. The minimum absolute atomic E-state index is 0.0347. The molecule has 0 amide bonds. The summed E-state index contributed by atoms with van der Waals surface area (Å²) in [6.07, 6.45) is 66.8. The van der Waals surface area contributed by atoms with Crippen LogP contribution in [0.5, 0.6) is 0 Å². The maximum atomic E-state index is 12.1. The van der Waals surface area contributed by atoms with Crippen molar-refractivity contribution in [1.29, 1.82) is 0 Å². The van der Waals surface area contributed by atoms with Gasteiger partial charge in [-0.3, -0.25) is 4.79 Å². The molecule has 0 radical (unpaired) electrons. The monoisotopic (exact) mass is 761 g/mol. The van der Waals surface area contributed by atoms with Crippen LogP contribution in [0.3, 0.4) is 0 Å². The zero-order chi connectivity index (χ0) is 38.9. The predicted molar refractivity (Wildman–Crippen MR) is 244 cm³/mol. The summed E-state index contributed by atoms with van der Waals surface area (Å²) in [7, 11) is 0. The lowest BCUT2D eigenvalue weighted by molar-refractivity contribution is -0.143. The van der Waals surface area contributed by atoms with Crippen molar-refractivity contribution in [2.75, 3.05) is 6.61 Å². The lowest BCUT2D eigenvalue weighted by Crippen LogP contribution is -2.05. The molecule has 0 saturated heterocycles. The molecule has 0 aromatic heterocycles. The molecule has 0 atom stereocenters. The third-order valence-electron chi connectivity index (χ3n) is 12.2. The third kappa shape index (κ3) is 49.5. The van der Waals surface area contributed by atoms with Crippen LogP contribution >= 0.6 is 0 Å². The molecule has 0 saturated carbocycles. The first-order valence-corrected chi connectivity index (χ1v) is 26.0. The van der Waals surface area contributed by atoms with E-state index in [0.717, 1.165) is 12.8 Å². The summed E-state index contributed by atoms with van der Waals surface area (Å²) in [6.45, 7) is 5.24. The van der Waals surface area contributed by atoms with Gasteiger partial charge in [0, 0.05) is 6.42 Å². The first-order valence-electron chi connectivity index (χ1n) is 26.0. The molecule has 0 aliphatic heterocycles. The van der Waals surface area contributed by atoms with Crippen molar-refractivity contribution in [3.63, 3.8) is 0 Å². The number of carbonyl (C=O) groups is 1. The molecule has 0 unspecified atom stereocenters. The standard InChI is InChI=1S/C52H104O2/c1-3-5-7-9-11-13-15-17-19-21-23-25-27-28-29-31-33-35-37-39-41-43-45-47-49-51-54-52(53)50-48-46-44-42-40-38-36-34-32-30-26-24-22-20-18-16-14-12-10-8-6-4-2/h3-51H2,1-2H3. The Labute approximate surface area is 343 Å². The summed E-state index contributed by atoms with van der Waals surface area (Å²) in [6, 6.07) is 0. The number of rotatable bonds is 49. The molecule has 0 aliphatic carbocycles. The Hall–Kier alpha value is -0.530. The fourth-order valence-corrected chi connectivity index (χ4v) is 8.38. The van der Waals surface area contributed by atoms with E-state index in [-0.39, 0.29) is 5.97 Å². The molecule has 54 heavy (non-hydrogen) atoms. The highest BCUT2D eigenvalue weighted by atomic mass is 16.5. The van der Waals surface area contributed by atoms with E-state index in [1.54, 1.807) is 0 Å². The van der Waals surface area contributed by atoms with E-state index in [2.05, 4.69) is 13.8 Å². The van der Waals surface area contributed by atoms with E-state index >= 15 is 0 Å². The fourth-order valence-electron chi connectivity index (χ4n) is 8.38. The number of carbonyl (C=O) groups excluding carboxylic acids is 1. The lowest BCUT2D eigenvalue weighted by atomic mass is 10.0. The van der Waals surface area contributed by atoms with Crippen molar-refractivity contribution < 1.29 is 9.53 Å². The molecular weight excluding hydrogens is 657 g/mol. The van der Waals surface area contributed by atoms with Crippen molar-refractivity contribution in [3.05, 3.63) is 0 Å². The van der Waals surface area contributed by atoms with Crippen molar-refractivity contribution in [2.45, 2.75) is 322 Å². The highest BCUT2D eigenvalue weighted by Crippen LogP contribution is 2.18. The molecule has 0 N–H and O–H groups in total. The molecular formula is C52H104O2. The van der Waals surface area contributed by atoms with Crippen LogP contribution in [-0.4, -0.2) is 12.6 Å².